The molecule has 0 N–H and O–H groups in total. The number of nitrogens with zero attached hydrogens (tertiary/aromatic N) is 2. The van der Waals surface area contributed by atoms with Crippen molar-refractivity contribution in [1.29, 1.82) is 0 Å². The van der Waals surface area contributed by atoms with Crippen molar-refractivity contribution >= 4 is 0 Å². The van der Waals surface area contributed by atoms with Gasteiger partial charge in [0.05, 0.1) is 12.1 Å². The van der Waals surface area contributed by atoms with Crippen LogP contribution in [0.4, 0.5) is 0 Å². The number of rotatable bonds is 5. The van der Waals surface area contributed by atoms with E-state index in [1.807, 2.05) is 0 Å². The molecular weight excluding hydrogens is 476 g/mol. The Bertz CT molecular complexity index is 1280. The van der Waals surface area contributed by atoms with Crippen LogP contribution in [0.25, 0.3) is 39.6 Å². The zero-order valence-electron chi connectivity index (χ0n) is 19.7. The van der Waals surface area contributed by atoms with E-state index in [0.717, 1.165) is 12.2 Å². The topological polar surface area (TPSA) is 101 Å². The minimum absolute atomic E-state index is 0.869. The molecule has 0 bridgehead atoms. The molecule has 182 valence electrons. The van der Waals surface area contributed by atoms with E-state index in [0.29, 0.717) is 0 Å². The highest BCUT2D eigenvalue weighted by molar-refractivity contribution is 5.81. The normalized spacial score (nSPS) is 11.0. The molecule has 0 radical (unpaired) electrons. The molecule has 4 aromatic carbocycles. The fourth-order valence-corrected chi connectivity index (χ4v) is 4.33. The quantitative estimate of drug-likeness (QED) is 0.344. The Labute approximate surface area is 212 Å². The van der Waals surface area contributed by atoms with Crippen LogP contribution in [-0.2, 0) is 6.54 Å². The van der Waals surface area contributed by atoms with Gasteiger partial charge in [-0.2, -0.15) is 4.57 Å². The summed E-state index contributed by atoms with van der Waals surface area (Å²) >= 11 is 0. The van der Waals surface area contributed by atoms with Crippen molar-refractivity contribution in [3.8, 4) is 39.6 Å². The fourth-order valence-electron chi connectivity index (χ4n) is 4.33. The maximum atomic E-state index is 8.49. The zero-order chi connectivity index (χ0) is 25.5. The van der Waals surface area contributed by atoms with Crippen LogP contribution in [-0.4, -0.2) is 4.57 Å². The third-order valence-corrected chi connectivity index (χ3v) is 5.64. The molecule has 0 aliphatic carbocycles. The second-order valence-electron chi connectivity index (χ2n) is 7.91. The average Bonchev–Trinajstić information content (AvgIpc) is 3.25. The van der Waals surface area contributed by atoms with Gasteiger partial charge in [-0.15, -0.1) is 10.2 Å². The number of halogens is 1. The van der Waals surface area contributed by atoms with Crippen LogP contribution in [0.3, 0.4) is 0 Å². The smallest absolute Gasteiger partial charge is 0.222 e. The Morgan fingerprint density at radius 1 is 0.583 bits per heavy atom. The van der Waals surface area contributed by atoms with Crippen molar-refractivity contribution < 1.29 is 33.4 Å². The van der Waals surface area contributed by atoms with Gasteiger partial charge in [0, 0.05) is 11.1 Å². The molecule has 0 atom stereocenters. The van der Waals surface area contributed by atoms with Gasteiger partial charge in [0.1, 0.15) is 5.69 Å². The van der Waals surface area contributed by atoms with E-state index in [9.17, 15) is 0 Å². The molecule has 6 nitrogen and oxygen atoms in total. The van der Waals surface area contributed by atoms with Gasteiger partial charge in [-0.3, -0.25) is 0 Å². The summed E-state index contributed by atoms with van der Waals surface area (Å²) in [4.78, 5) is 0. The summed E-state index contributed by atoms with van der Waals surface area (Å²) in [5, 5.41) is 0. The lowest BCUT2D eigenvalue weighted by atomic mass is 10.0. The lowest BCUT2D eigenvalue weighted by Gasteiger charge is -2.17. The number of para-hydroxylation sites is 1. The molecule has 0 amide bonds. The maximum Gasteiger partial charge on any atom is 0.295 e. The molecule has 0 saturated carbocycles. The van der Waals surface area contributed by atoms with E-state index in [2.05, 4.69) is 137 Å². The lowest BCUT2D eigenvalue weighted by molar-refractivity contribution is -2.00. The summed E-state index contributed by atoms with van der Waals surface area (Å²) < 4.78 is 38.8. The molecule has 5 aromatic rings. The highest BCUT2D eigenvalue weighted by Gasteiger charge is 2.33. The Morgan fingerprint density at radius 2 is 0.972 bits per heavy atom. The van der Waals surface area contributed by atoms with Crippen molar-refractivity contribution in [2.45, 2.75) is 13.5 Å². The van der Waals surface area contributed by atoms with Crippen molar-refractivity contribution in [2.24, 2.45) is 0 Å². The summed E-state index contributed by atoms with van der Waals surface area (Å²) in [7, 11) is -4.94. The van der Waals surface area contributed by atoms with Crippen LogP contribution in [0.1, 0.15) is 6.92 Å². The summed E-state index contributed by atoms with van der Waals surface area (Å²) in [6.45, 7) is 3.09. The SMILES string of the molecule is CC[n+]1c(-c2ccccc2)c(-c2ccccc2)n(-c2ccccc2)c1-c1ccccc1.[O-][Cl+3]([O-])([O-])[O-]. The number of hydrogen-bond acceptors (Lipinski definition) is 4. The zero-order valence-corrected chi connectivity index (χ0v) is 20.4. The average molecular weight is 501 g/mol. The second-order valence-corrected chi connectivity index (χ2v) is 8.67. The first-order chi connectivity index (χ1) is 17.4. The van der Waals surface area contributed by atoms with Crippen molar-refractivity contribution in [2.75, 3.05) is 0 Å². The fraction of sp³-hybridized carbons (Fsp3) is 0.0690. The number of benzene rings is 4. The van der Waals surface area contributed by atoms with E-state index in [4.69, 9.17) is 18.6 Å². The van der Waals surface area contributed by atoms with Gasteiger partial charge < -0.3 is 0 Å². The van der Waals surface area contributed by atoms with E-state index in [-0.39, 0.29) is 0 Å². The van der Waals surface area contributed by atoms with Gasteiger partial charge in [-0.05, 0) is 31.2 Å². The molecule has 0 aliphatic heterocycles. The summed E-state index contributed by atoms with van der Waals surface area (Å²) in [6.07, 6.45) is 0. The summed E-state index contributed by atoms with van der Waals surface area (Å²) in [5.41, 5.74) is 7.22. The Morgan fingerprint density at radius 3 is 1.42 bits per heavy atom. The summed E-state index contributed by atoms with van der Waals surface area (Å²) in [5.74, 6) is 1.19. The minimum Gasteiger partial charge on any atom is -0.222 e. The van der Waals surface area contributed by atoms with Crippen LogP contribution in [0.15, 0.2) is 121 Å². The van der Waals surface area contributed by atoms with E-state index in [1.165, 1.54) is 33.9 Å². The first-order valence-corrected chi connectivity index (χ1v) is 12.6. The molecule has 1 heterocycles. The van der Waals surface area contributed by atoms with Crippen molar-refractivity contribution in [3.05, 3.63) is 121 Å². The maximum absolute atomic E-state index is 8.49. The largest absolute Gasteiger partial charge is 0.295 e. The third-order valence-electron chi connectivity index (χ3n) is 5.64. The molecule has 36 heavy (non-hydrogen) atoms. The second kappa shape index (κ2) is 11.3. The molecule has 5 rings (SSSR count). The van der Waals surface area contributed by atoms with Crippen molar-refractivity contribution in [1.82, 2.24) is 4.57 Å². The molecule has 0 spiro atoms. The van der Waals surface area contributed by atoms with Gasteiger partial charge in [0.15, 0.2) is 11.4 Å². The van der Waals surface area contributed by atoms with Crippen LogP contribution in [0, 0.1) is 10.2 Å². The van der Waals surface area contributed by atoms with Gasteiger partial charge in [0.25, 0.3) is 5.82 Å². The van der Waals surface area contributed by atoms with Gasteiger partial charge in [0.2, 0.25) is 0 Å². The Kier molecular flexibility index (Phi) is 7.95. The third kappa shape index (κ3) is 5.88. The van der Waals surface area contributed by atoms with Gasteiger partial charge in [-0.1, -0.05) is 97.1 Å². The lowest BCUT2D eigenvalue weighted by Crippen LogP contribution is -2.68. The highest BCUT2D eigenvalue weighted by atomic mass is 35.7. The minimum atomic E-state index is -4.94. The monoisotopic (exact) mass is 500 g/mol. The van der Waals surface area contributed by atoms with Crippen LogP contribution >= 0.6 is 0 Å². The van der Waals surface area contributed by atoms with E-state index < -0.39 is 10.2 Å². The number of hydrogen-bond donors (Lipinski definition) is 0. The van der Waals surface area contributed by atoms with Crippen LogP contribution < -0.4 is 23.2 Å². The van der Waals surface area contributed by atoms with Gasteiger partial charge >= 0.3 is 0 Å². The summed E-state index contributed by atoms with van der Waals surface area (Å²) in [6, 6.07) is 42.8. The predicted octanol–water partition coefficient (Wildman–Crippen LogP) is 2.03. The molecule has 0 aliphatic rings. The Balaban J connectivity index is 0.000000556. The molecule has 7 heteroatoms. The first-order valence-electron chi connectivity index (χ1n) is 11.4. The van der Waals surface area contributed by atoms with Crippen LogP contribution in [0.2, 0.25) is 0 Å². The van der Waals surface area contributed by atoms with Gasteiger partial charge in [-0.25, -0.2) is 23.2 Å². The highest BCUT2D eigenvalue weighted by Crippen LogP contribution is 2.37. The predicted molar refractivity (Wildman–Crippen MR) is 128 cm³/mol. The molecule has 1 aromatic heterocycles. The number of aromatic nitrogens is 2. The van der Waals surface area contributed by atoms with Crippen molar-refractivity contribution in [3.63, 3.8) is 0 Å². The molecular formula is C29H25ClN2O4. The van der Waals surface area contributed by atoms with Crippen LogP contribution in [0.5, 0.6) is 0 Å². The van der Waals surface area contributed by atoms with E-state index in [1.54, 1.807) is 0 Å². The van der Waals surface area contributed by atoms with E-state index >= 15 is 0 Å². The number of imidazole rings is 1. The first kappa shape index (κ1) is 25.3. The standard InChI is InChI=1S/C29H25N2.ClHO4/c1-2-30-27(23-15-7-3-8-16-23)28(24-17-9-4-10-18-24)31(26-21-13-6-14-22-26)29(30)25-19-11-5-12-20-25;2-1(3,4)5/h3-22H,2H2,1H3;(H,2,3,4,5)/q+1;/p-1. The molecule has 0 unspecified atom stereocenters. The molecule has 0 saturated heterocycles. The Hall–Kier alpha value is -3.78. The molecule has 0 fully saturated rings.